The first-order chi connectivity index (χ1) is 8.02. The fourth-order valence-corrected chi connectivity index (χ4v) is 1.63. The van der Waals surface area contributed by atoms with Crippen molar-refractivity contribution in [1.82, 2.24) is 10.2 Å². The van der Waals surface area contributed by atoms with Crippen molar-refractivity contribution in [2.45, 2.75) is 32.4 Å². The molecule has 6 nitrogen and oxygen atoms in total. The molecule has 1 heterocycles. The van der Waals surface area contributed by atoms with Gasteiger partial charge in [-0.05, 0) is 13.8 Å². The number of nitrogens with one attached hydrogen (secondary N) is 1. The van der Waals surface area contributed by atoms with Crippen LogP contribution in [-0.2, 0) is 14.3 Å². The standard InChI is InChI=1S/C11H20N2O4/c1-8(2)12-11(15)13-4-5-17-9(7-13)6-10(14)16-3/h8-9H,4-7H2,1-3H3,(H,12,15). The monoisotopic (exact) mass is 244 g/mol. The van der Waals surface area contributed by atoms with Gasteiger partial charge in [0.05, 0.1) is 26.2 Å². The largest absolute Gasteiger partial charge is 0.469 e. The van der Waals surface area contributed by atoms with E-state index in [1.165, 1.54) is 7.11 Å². The van der Waals surface area contributed by atoms with Crippen LogP contribution >= 0.6 is 0 Å². The van der Waals surface area contributed by atoms with E-state index in [2.05, 4.69) is 10.1 Å². The fourth-order valence-electron chi connectivity index (χ4n) is 1.63. The van der Waals surface area contributed by atoms with Crippen LogP contribution in [0.5, 0.6) is 0 Å². The number of esters is 1. The van der Waals surface area contributed by atoms with Gasteiger partial charge in [0.15, 0.2) is 0 Å². The van der Waals surface area contributed by atoms with Gasteiger partial charge >= 0.3 is 12.0 Å². The van der Waals surface area contributed by atoms with Gasteiger partial charge in [-0.2, -0.15) is 0 Å². The number of rotatable bonds is 3. The zero-order valence-electron chi connectivity index (χ0n) is 10.6. The van der Waals surface area contributed by atoms with Crippen molar-refractivity contribution < 1.29 is 19.1 Å². The molecule has 0 aromatic carbocycles. The summed E-state index contributed by atoms with van der Waals surface area (Å²) in [4.78, 5) is 24.5. The van der Waals surface area contributed by atoms with Crippen LogP contribution in [-0.4, -0.2) is 55.9 Å². The number of morpholine rings is 1. The van der Waals surface area contributed by atoms with E-state index >= 15 is 0 Å². The molecule has 1 rings (SSSR count). The highest BCUT2D eigenvalue weighted by molar-refractivity contribution is 5.75. The molecule has 1 fully saturated rings. The second-order valence-corrected chi connectivity index (χ2v) is 4.32. The molecule has 1 N–H and O–H groups in total. The van der Waals surface area contributed by atoms with Gasteiger partial charge in [0, 0.05) is 19.1 Å². The number of carbonyl (C=O) groups excluding carboxylic acids is 2. The number of ether oxygens (including phenoxy) is 2. The molecule has 1 aliphatic heterocycles. The molecule has 0 aliphatic carbocycles. The van der Waals surface area contributed by atoms with Gasteiger partial charge in [-0.3, -0.25) is 4.79 Å². The van der Waals surface area contributed by atoms with E-state index in [0.29, 0.717) is 19.7 Å². The number of hydrogen-bond donors (Lipinski definition) is 1. The molecule has 2 amide bonds. The third kappa shape index (κ3) is 4.60. The Bertz CT molecular complexity index is 281. The second-order valence-electron chi connectivity index (χ2n) is 4.32. The maximum Gasteiger partial charge on any atom is 0.317 e. The fraction of sp³-hybridized carbons (Fsp3) is 0.818. The van der Waals surface area contributed by atoms with E-state index in [4.69, 9.17) is 4.74 Å². The normalized spacial score (nSPS) is 20.2. The molecule has 1 atom stereocenters. The van der Waals surface area contributed by atoms with Gasteiger partial charge in [-0.25, -0.2) is 4.79 Å². The Morgan fingerprint density at radius 3 is 2.82 bits per heavy atom. The zero-order valence-corrected chi connectivity index (χ0v) is 10.6. The van der Waals surface area contributed by atoms with E-state index in [1.807, 2.05) is 13.8 Å². The lowest BCUT2D eigenvalue weighted by Gasteiger charge is -2.33. The maximum atomic E-state index is 11.8. The number of methoxy groups -OCH3 is 1. The van der Waals surface area contributed by atoms with Crippen LogP contribution in [0.25, 0.3) is 0 Å². The Kier molecular flexibility index (Phi) is 5.21. The van der Waals surface area contributed by atoms with Gasteiger partial charge in [0.25, 0.3) is 0 Å². The van der Waals surface area contributed by atoms with E-state index in [9.17, 15) is 9.59 Å². The van der Waals surface area contributed by atoms with Crippen LogP contribution in [0.3, 0.4) is 0 Å². The van der Waals surface area contributed by atoms with Gasteiger partial charge in [-0.15, -0.1) is 0 Å². The summed E-state index contributed by atoms with van der Waals surface area (Å²) in [5, 5.41) is 2.82. The average molecular weight is 244 g/mol. The minimum absolute atomic E-state index is 0.101. The lowest BCUT2D eigenvalue weighted by atomic mass is 10.2. The van der Waals surface area contributed by atoms with E-state index in [0.717, 1.165) is 0 Å². The maximum absolute atomic E-state index is 11.8. The number of nitrogens with zero attached hydrogens (tertiary/aromatic N) is 1. The lowest BCUT2D eigenvalue weighted by molar-refractivity contribution is -0.145. The van der Waals surface area contributed by atoms with Crippen molar-refractivity contribution in [1.29, 1.82) is 0 Å². The Morgan fingerprint density at radius 1 is 1.53 bits per heavy atom. The molecule has 0 bridgehead atoms. The lowest BCUT2D eigenvalue weighted by Crippen LogP contribution is -2.51. The summed E-state index contributed by atoms with van der Waals surface area (Å²) in [6.45, 7) is 5.24. The summed E-state index contributed by atoms with van der Waals surface area (Å²) in [5.41, 5.74) is 0. The van der Waals surface area contributed by atoms with Crippen LogP contribution in [0.2, 0.25) is 0 Å². The molecular formula is C11H20N2O4. The summed E-state index contributed by atoms with van der Waals surface area (Å²) < 4.78 is 9.99. The van der Waals surface area contributed by atoms with Gasteiger partial charge in [-0.1, -0.05) is 0 Å². The summed E-state index contributed by atoms with van der Waals surface area (Å²) >= 11 is 0. The number of amides is 2. The van der Waals surface area contributed by atoms with Crippen LogP contribution in [0.15, 0.2) is 0 Å². The molecular weight excluding hydrogens is 224 g/mol. The smallest absolute Gasteiger partial charge is 0.317 e. The minimum atomic E-state index is -0.318. The predicted molar refractivity (Wildman–Crippen MR) is 61.6 cm³/mol. The molecule has 0 spiro atoms. The molecule has 6 heteroatoms. The highest BCUT2D eigenvalue weighted by Crippen LogP contribution is 2.09. The molecule has 98 valence electrons. The van der Waals surface area contributed by atoms with Crippen molar-refractivity contribution in [3.8, 4) is 0 Å². The Labute approximate surface area is 101 Å². The second kappa shape index (κ2) is 6.44. The summed E-state index contributed by atoms with van der Waals surface area (Å²) in [6, 6.07) is -0.0115. The summed E-state index contributed by atoms with van der Waals surface area (Å²) in [7, 11) is 1.34. The summed E-state index contributed by atoms with van der Waals surface area (Å²) in [6.07, 6.45) is -0.0868. The van der Waals surface area contributed by atoms with Crippen LogP contribution in [0.1, 0.15) is 20.3 Å². The third-order valence-electron chi connectivity index (χ3n) is 2.46. The van der Waals surface area contributed by atoms with Crippen LogP contribution in [0, 0.1) is 0 Å². The average Bonchev–Trinajstić information content (AvgIpc) is 2.28. The molecule has 0 aromatic heterocycles. The molecule has 1 saturated heterocycles. The topological polar surface area (TPSA) is 67.9 Å². The number of carbonyl (C=O) groups is 2. The van der Waals surface area contributed by atoms with Crippen molar-refractivity contribution >= 4 is 12.0 Å². The first-order valence-electron chi connectivity index (χ1n) is 5.76. The Hall–Kier alpha value is -1.30. The molecule has 0 aromatic rings. The quantitative estimate of drug-likeness (QED) is 0.728. The van der Waals surface area contributed by atoms with Crippen molar-refractivity contribution in [3.05, 3.63) is 0 Å². The Morgan fingerprint density at radius 2 is 2.24 bits per heavy atom. The van der Waals surface area contributed by atoms with E-state index in [1.54, 1.807) is 4.90 Å². The zero-order chi connectivity index (χ0) is 12.8. The van der Waals surface area contributed by atoms with Crippen LogP contribution in [0.4, 0.5) is 4.79 Å². The van der Waals surface area contributed by atoms with Gasteiger partial charge in [0.1, 0.15) is 0 Å². The molecule has 17 heavy (non-hydrogen) atoms. The number of hydrogen-bond acceptors (Lipinski definition) is 4. The highest BCUT2D eigenvalue weighted by atomic mass is 16.5. The summed E-state index contributed by atoms with van der Waals surface area (Å²) in [5.74, 6) is -0.318. The first-order valence-corrected chi connectivity index (χ1v) is 5.76. The molecule has 0 radical (unpaired) electrons. The predicted octanol–water partition coefficient (Wildman–Crippen LogP) is 0.368. The SMILES string of the molecule is COC(=O)CC1CN(C(=O)NC(C)C)CCO1. The van der Waals surface area contributed by atoms with Crippen LogP contribution < -0.4 is 5.32 Å². The minimum Gasteiger partial charge on any atom is -0.469 e. The van der Waals surface area contributed by atoms with Crippen molar-refractivity contribution in [2.75, 3.05) is 26.8 Å². The molecule has 1 unspecified atom stereocenters. The van der Waals surface area contributed by atoms with E-state index in [-0.39, 0.29) is 30.6 Å². The highest BCUT2D eigenvalue weighted by Gasteiger charge is 2.26. The van der Waals surface area contributed by atoms with E-state index < -0.39 is 0 Å². The van der Waals surface area contributed by atoms with Crippen molar-refractivity contribution in [2.24, 2.45) is 0 Å². The van der Waals surface area contributed by atoms with Gasteiger partial charge < -0.3 is 19.7 Å². The molecule has 1 aliphatic rings. The number of urea groups is 1. The third-order valence-corrected chi connectivity index (χ3v) is 2.46. The van der Waals surface area contributed by atoms with Gasteiger partial charge in [0.2, 0.25) is 0 Å². The first kappa shape index (κ1) is 13.8. The van der Waals surface area contributed by atoms with Crippen molar-refractivity contribution in [3.63, 3.8) is 0 Å². The molecule has 0 saturated carbocycles. The Balaban J connectivity index is 2.43.